The lowest BCUT2D eigenvalue weighted by Crippen LogP contribution is -2.00. The summed E-state index contributed by atoms with van der Waals surface area (Å²) >= 11 is 0. The molecule has 0 aliphatic rings. The molecule has 220 valence electrons. The van der Waals surface area contributed by atoms with Crippen LogP contribution in [0.15, 0.2) is 156 Å². The number of benzene rings is 5. The van der Waals surface area contributed by atoms with Crippen molar-refractivity contribution in [3.63, 3.8) is 0 Å². The smallest absolute Gasteiger partial charge is 0.164 e. The molecule has 9 aromatic rings. The molecular formula is C41H25N5O. The minimum absolute atomic E-state index is 0.612. The summed E-state index contributed by atoms with van der Waals surface area (Å²) in [7, 11) is 0. The average molecular weight is 604 g/mol. The molecule has 0 amide bonds. The summed E-state index contributed by atoms with van der Waals surface area (Å²) in [6, 6.07) is 47.0. The van der Waals surface area contributed by atoms with Gasteiger partial charge in [0.1, 0.15) is 5.58 Å². The zero-order valence-corrected chi connectivity index (χ0v) is 25.1. The Hall–Kier alpha value is -6.53. The molecule has 0 saturated heterocycles. The van der Waals surface area contributed by atoms with Crippen molar-refractivity contribution in [2.24, 2.45) is 0 Å². The van der Waals surface area contributed by atoms with Gasteiger partial charge in [0.15, 0.2) is 23.1 Å². The van der Waals surface area contributed by atoms with Crippen LogP contribution in [0.5, 0.6) is 0 Å². The van der Waals surface area contributed by atoms with Crippen molar-refractivity contribution in [3.8, 4) is 56.5 Å². The molecule has 47 heavy (non-hydrogen) atoms. The number of aromatic nitrogens is 5. The van der Waals surface area contributed by atoms with Crippen LogP contribution in [0.1, 0.15) is 0 Å². The van der Waals surface area contributed by atoms with Crippen LogP contribution in [0.2, 0.25) is 0 Å². The maximum atomic E-state index is 6.06. The van der Waals surface area contributed by atoms with Crippen molar-refractivity contribution in [1.29, 1.82) is 0 Å². The van der Waals surface area contributed by atoms with Gasteiger partial charge >= 0.3 is 0 Å². The van der Waals surface area contributed by atoms with E-state index in [1.54, 1.807) is 0 Å². The minimum atomic E-state index is 0.612. The van der Waals surface area contributed by atoms with E-state index in [-0.39, 0.29) is 0 Å². The summed E-state index contributed by atoms with van der Waals surface area (Å²) in [6.07, 6.45) is 3.63. The summed E-state index contributed by atoms with van der Waals surface area (Å²) in [5.74, 6) is 1.88. The molecule has 0 radical (unpaired) electrons. The number of hydrogen-bond donors (Lipinski definition) is 0. The van der Waals surface area contributed by atoms with Gasteiger partial charge in [-0.15, -0.1) is 0 Å². The minimum Gasteiger partial charge on any atom is -0.454 e. The lowest BCUT2D eigenvalue weighted by Gasteiger charge is -2.12. The Balaban J connectivity index is 1.19. The molecule has 4 heterocycles. The van der Waals surface area contributed by atoms with E-state index in [4.69, 9.17) is 29.3 Å². The molecule has 4 aromatic heterocycles. The largest absolute Gasteiger partial charge is 0.454 e. The maximum Gasteiger partial charge on any atom is 0.164 e. The highest BCUT2D eigenvalue weighted by molar-refractivity contribution is 6.07. The van der Waals surface area contributed by atoms with E-state index in [1.807, 2.05) is 109 Å². The van der Waals surface area contributed by atoms with E-state index in [0.717, 1.165) is 71.9 Å². The molecular weight excluding hydrogens is 578 g/mol. The van der Waals surface area contributed by atoms with Crippen LogP contribution in [0.3, 0.4) is 0 Å². The number of furan rings is 1. The lowest BCUT2D eigenvalue weighted by molar-refractivity contribution is 0.667. The summed E-state index contributed by atoms with van der Waals surface area (Å²) in [6.45, 7) is 0. The third kappa shape index (κ3) is 4.89. The predicted octanol–water partition coefficient (Wildman–Crippen LogP) is 10.0. The highest BCUT2D eigenvalue weighted by Crippen LogP contribution is 2.36. The molecule has 0 spiro atoms. The zero-order chi connectivity index (χ0) is 31.2. The predicted molar refractivity (Wildman–Crippen MR) is 187 cm³/mol. The topological polar surface area (TPSA) is 77.6 Å². The maximum absolute atomic E-state index is 6.06. The first-order valence-electron chi connectivity index (χ1n) is 15.4. The normalized spacial score (nSPS) is 11.4. The quantitative estimate of drug-likeness (QED) is 0.195. The Bertz CT molecular complexity index is 2520. The molecule has 6 heteroatoms. The highest BCUT2D eigenvalue weighted by atomic mass is 16.3. The Morgan fingerprint density at radius 3 is 1.85 bits per heavy atom. The molecule has 0 N–H and O–H groups in total. The van der Waals surface area contributed by atoms with Crippen LogP contribution < -0.4 is 0 Å². The van der Waals surface area contributed by atoms with Gasteiger partial charge in [0, 0.05) is 44.6 Å². The van der Waals surface area contributed by atoms with Gasteiger partial charge in [-0.1, -0.05) is 103 Å². The Morgan fingerprint density at radius 2 is 1.09 bits per heavy atom. The first-order chi connectivity index (χ1) is 23.3. The van der Waals surface area contributed by atoms with Crippen molar-refractivity contribution in [1.82, 2.24) is 24.9 Å². The van der Waals surface area contributed by atoms with Gasteiger partial charge < -0.3 is 4.42 Å². The van der Waals surface area contributed by atoms with Gasteiger partial charge in [-0.3, -0.25) is 9.97 Å². The SMILES string of the molecule is c1ccc(-c2nc(-c3ccccc3)nc(-c3cccc(-c4cc(-c5cc6c(cn5)oc5ccccc56)c5ncccc5c4)c3)n2)cc1. The third-order valence-corrected chi connectivity index (χ3v) is 8.40. The second-order valence-corrected chi connectivity index (χ2v) is 11.4. The lowest BCUT2D eigenvalue weighted by atomic mass is 9.96. The summed E-state index contributed by atoms with van der Waals surface area (Å²) in [5, 5.41) is 3.12. The number of para-hydroxylation sites is 1. The van der Waals surface area contributed by atoms with Crippen molar-refractivity contribution in [2.45, 2.75) is 0 Å². The van der Waals surface area contributed by atoms with Gasteiger partial charge in [-0.2, -0.15) is 0 Å². The fourth-order valence-corrected chi connectivity index (χ4v) is 6.11. The van der Waals surface area contributed by atoms with Crippen molar-refractivity contribution >= 4 is 32.8 Å². The van der Waals surface area contributed by atoms with Crippen LogP contribution in [-0.2, 0) is 0 Å². The van der Waals surface area contributed by atoms with Crippen LogP contribution in [0.25, 0.3) is 89.4 Å². The Labute approximate surface area is 270 Å². The fourth-order valence-electron chi connectivity index (χ4n) is 6.11. The Morgan fingerprint density at radius 1 is 0.426 bits per heavy atom. The van der Waals surface area contributed by atoms with Crippen LogP contribution >= 0.6 is 0 Å². The van der Waals surface area contributed by atoms with E-state index < -0.39 is 0 Å². The second kappa shape index (κ2) is 11.1. The van der Waals surface area contributed by atoms with Gasteiger partial charge in [-0.25, -0.2) is 15.0 Å². The molecule has 0 bridgehead atoms. The summed E-state index contributed by atoms with van der Waals surface area (Å²) < 4.78 is 6.06. The first kappa shape index (κ1) is 26.8. The molecule has 0 unspecified atom stereocenters. The van der Waals surface area contributed by atoms with Gasteiger partial charge in [0.2, 0.25) is 0 Å². The monoisotopic (exact) mass is 603 g/mol. The molecule has 0 aliphatic carbocycles. The van der Waals surface area contributed by atoms with Crippen molar-refractivity contribution < 1.29 is 4.42 Å². The van der Waals surface area contributed by atoms with E-state index in [1.165, 1.54) is 0 Å². The van der Waals surface area contributed by atoms with Crippen LogP contribution in [-0.4, -0.2) is 24.9 Å². The molecule has 0 saturated carbocycles. The number of fused-ring (bicyclic) bond motifs is 4. The van der Waals surface area contributed by atoms with Crippen LogP contribution in [0, 0.1) is 0 Å². The third-order valence-electron chi connectivity index (χ3n) is 8.40. The molecule has 0 aliphatic heterocycles. The number of nitrogens with zero attached hydrogens (tertiary/aromatic N) is 5. The van der Waals surface area contributed by atoms with Gasteiger partial charge in [0.25, 0.3) is 0 Å². The summed E-state index contributed by atoms with van der Waals surface area (Å²) in [5.41, 5.74) is 9.14. The highest BCUT2D eigenvalue weighted by Gasteiger charge is 2.16. The molecule has 6 nitrogen and oxygen atoms in total. The Kier molecular flexibility index (Phi) is 6.35. The van der Waals surface area contributed by atoms with E-state index in [2.05, 4.69) is 42.5 Å². The molecule has 9 rings (SSSR count). The molecule has 0 atom stereocenters. The number of hydrogen-bond acceptors (Lipinski definition) is 6. The molecule has 5 aromatic carbocycles. The van der Waals surface area contributed by atoms with Crippen LogP contribution in [0.4, 0.5) is 0 Å². The second-order valence-electron chi connectivity index (χ2n) is 11.4. The fraction of sp³-hybridized carbons (Fsp3) is 0. The number of rotatable bonds is 5. The molecule has 0 fully saturated rings. The van der Waals surface area contributed by atoms with E-state index in [0.29, 0.717) is 17.5 Å². The van der Waals surface area contributed by atoms with E-state index >= 15 is 0 Å². The first-order valence-corrected chi connectivity index (χ1v) is 15.4. The van der Waals surface area contributed by atoms with Gasteiger partial charge in [-0.05, 0) is 47.5 Å². The van der Waals surface area contributed by atoms with Gasteiger partial charge in [0.05, 0.1) is 17.4 Å². The average Bonchev–Trinajstić information content (AvgIpc) is 3.53. The van der Waals surface area contributed by atoms with Crippen molar-refractivity contribution in [2.75, 3.05) is 0 Å². The summed E-state index contributed by atoms with van der Waals surface area (Å²) in [4.78, 5) is 24.4. The standard InChI is InChI=1S/C41H25N5O/c1-3-11-26(12-4-1)39-44-40(27-13-5-2-6-14-27)46-41(45-39)30-16-9-15-28(21-30)31-22-29-17-10-20-42-38(29)34(23-31)35-24-33-32-18-7-8-19-36(32)47-37(33)25-43-35/h1-25H. The zero-order valence-electron chi connectivity index (χ0n) is 25.1. The number of pyridine rings is 2. The van der Waals surface area contributed by atoms with E-state index in [9.17, 15) is 0 Å². The van der Waals surface area contributed by atoms with Crippen molar-refractivity contribution in [3.05, 3.63) is 152 Å².